The fourth-order valence-corrected chi connectivity index (χ4v) is 1.57. The SMILES string of the molecule is [CH2]c1cccc(Oc2cccc(C)c2C)c1. The summed E-state index contributed by atoms with van der Waals surface area (Å²) < 4.78 is 5.83. The Morgan fingerprint density at radius 3 is 2.50 bits per heavy atom. The molecule has 0 amide bonds. The van der Waals surface area contributed by atoms with Crippen molar-refractivity contribution in [1.29, 1.82) is 0 Å². The Morgan fingerprint density at radius 1 is 1.00 bits per heavy atom. The van der Waals surface area contributed by atoms with Crippen LogP contribution in [0.5, 0.6) is 11.5 Å². The maximum atomic E-state index is 5.83. The van der Waals surface area contributed by atoms with Gasteiger partial charge in [-0.3, -0.25) is 0 Å². The van der Waals surface area contributed by atoms with Crippen LogP contribution in [0.2, 0.25) is 0 Å². The van der Waals surface area contributed by atoms with Gasteiger partial charge in [0.25, 0.3) is 0 Å². The smallest absolute Gasteiger partial charge is 0.130 e. The molecule has 0 heterocycles. The molecular weight excluding hydrogens is 196 g/mol. The van der Waals surface area contributed by atoms with Crippen LogP contribution in [0.1, 0.15) is 16.7 Å². The highest BCUT2D eigenvalue weighted by molar-refractivity contribution is 5.42. The Balaban J connectivity index is 2.31. The molecule has 0 saturated carbocycles. The van der Waals surface area contributed by atoms with Gasteiger partial charge in [-0.2, -0.15) is 0 Å². The molecule has 1 nitrogen and oxygen atoms in total. The quantitative estimate of drug-likeness (QED) is 0.720. The number of rotatable bonds is 2. The molecule has 0 saturated heterocycles. The van der Waals surface area contributed by atoms with Crippen LogP contribution in [0, 0.1) is 20.8 Å². The van der Waals surface area contributed by atoms with Crippen molar-refractivity contribution in [2.24, 2.45) is 0 Å². The van der Waals surface area contributed by atoms with E-state index >= 15 is 0 Å². The molecule has 0 aliphatic rings. The zero-order chi connectivity index (χ0) is 11.5. The van der Waals surface area contributed by atoms with E-state index in [1.165, 1.54) is 11.1 Å². The Bertz CT molecular complexity index is 501. The Hall–Kier alpha value is -1.76. The molecule has 1 radical (unpaired) electrons. The lowest BCUT2D eigenvalue weighted by Gasteiger charge is -2.10. The number of hydrogen-bond acceptors (Lipinski definition) is 1. The molecule has 2 aromatic carbocycles. The van der Waals surface area contributed by atoms with Gasteiger partial charge < -0.3 is 4.74 Å². The van der Waals surface area contributed by atoms with Crippen molar-refractivity contribution in [3.05, 3.63) is 66.1 Å². The molecular formula is C15H15O. The van der Waals surface area contributed by atoms with E-state index in [4.69, 9.17) is 4.74 Å². The van der Waals surface area contributed by atoms with Gasteiger partial charge in [-0.15, -0.1) is 0 Å². The predicted molar refractivity (Wildman–Crippen MR) is 66.9 cm³/mol. The molecule has 0 aromatic heterocycles. The molecule has 0 spiro atoms. The molecule has 81 valence electrons. The first-order valence-electron chi connectivity index (χ1n) is 5.33. The Labute approximate surface area is 96.7 Å². The summed E-state index contributed by atoms with van der Waals surface area (Å²) in [6.07, 6.45) is 0. The fourth-order valence-electron chi connectivity index (χ4n) is 1.57. The Morgan fingerprint density at radius 2 is 1.75 bits per heavy atom. The van der Waals surface area contributed by atoms with Crippen LogP contribution in [-0.4, -0.2) is 0 Å². The number of benzene rings is 2. The van der Waals surface area contributed by atoms with Crippen molar-refractivity contribution in [1.82, 2.24) is 0 Å². The third-order valence-electron chi connectivity index (χ3n) is 2.68. The van der Waals surface area contributed by atoms with Crippen LogP contribution in [0.4, 0.5) is 0 Å². The van der Waals surface area contributed by atoms with Crippen LogP contribution in [0.15, 0.2) is 42.5 Å². The first-order chi connectivity index (χ1) is 7.66. The normalized spacial score (nSPS) is 10.2. The van der Waals surface area contributed by atoms with Gasteiger partial charge >= 0.3 is 0 Å². The summed E-state index contributed by atoms with van der Waals surface area (Å²) in [7, 11) is 0. The largest absolute Gasteiger partial charge is 0.457 e. The molecule has 2 aromatic rings. The summed E-state index contributed by atoms with van der Waals surface area (Å²) in [5.74, 6) is 1.74. The van der Waals surface area contributed by atoms with Crippen LogP contribution in [0.25, 0.3) is 0 Å². The lowest BCUT2D eigenvalue weighted by Crippen LogP contribution is -1.89. The second-order valence-corrected chi connectivity index (χ2v) is 3.95. The average Bonchev–Trinajstić information content (AvgIpc) is 2.25. The molecule has 1 heteroatoms. The van der Waals surface area contributed by atoms with Gasteiger partial charge in [-0.05, 0) is 55.7 Å². The summed E-state index contributed by atoms with van der Waals surface area (Å²) in [6.45, 7) is 8.03. The summed E-state index contributed by atoms with van der Waals surface area (Å²) in [5, 5.41) is 0. The van der Waals surface area contributed by atoms with Crippen LogP contribution < -0.4 is 4.74 Å². The Kier molecular flexibility index (Phi) is 2.95. The number of ether oxygens (including phenoxy) is 1. The maximum absolute atomic E-state index is 5.83. The van der Waals surface area contributed by atoms with Crippen molar-refractivity contribution in [2.45, 2.75) is 13.8 Å². The van der Waals surface area contributed by atoms with Gasteiger partial charge in [-0.1, -0.05) is 24.3 Å². The second-order valence-electron chi connectivity index (χ2n) is 3.95. The zero-order valence-corrected chi connectivity index (χ0v) is 9.66. The summed E-state index contributed by atoms with van der Waals surface area (Å²) in [5.41, 5.74) is 3.38. The first-order valence-corrected chi connectivity index (χ1v) is 5.33. The lowest BCUT2D eigenvalue weighted by atomic mass is 10.1. The van der Waals surface area contributed by atoms with Crippen LogP contribution in [0.3, 0.4) is 0 Å². The molecule has 0 atom stereocenters. The van der Waals surface area contributed by atoms with E-state index in [1.54, 1.807) is 0 Å². The van der Waals surface area contributed by atoms with Crippen molar-refractivity contribution < 1.29 is 4.74 Å². The molecule has 0 fully saturated rings. The van der Waals surface area contributed by atoms with Gasteiger partial charge in [0, 0.05) is 0 Å². The van der Waals surface area contributed by atoms with E-state index in [9.17, 15) is 0 Å². The summed E-state index contributed by atoms with van der Waals surface area (Å²) in [4.78, 5) is 0. The topological polar surface area (TPSA) is 9.23 Å². The third kappa shape index (κ3) is 2.25. The second kappa shape index (κ2) is 4.40. The van der Waals surface area contributed by atoms with E-state index < -0.39 is 0 Å². The summed E-state index contributed by atoms with van der Waals surface area (Å²) in [6, 6.07) is 13.8. The molecule has 0 N–H and O–H groups in total. The molecule has 0 unspecified atom stereocenters. The van der Waals surface area contributed by atoms with E-state index in [1.807, 2.05) is 36.4 Å². The standard InChI is InChI=1S/C15H15O/c1-11-6-4-8-14(10-11)16-15-9-5-7-12(2)13(15)3/h4-10H,1H2,2-3H3. The molecule has 16 heavy (non-hydrogen) atoms. The molecule has 0 bridgehead atoms. The van der Waals surface area contributed by atoms with E-state index in [0.717, 1.165) is 17.1 Å². The van der Waals surface area contributed by atoms with Crippen molar-refractivity contribution in [3.63, 3.8) is 0 Å². The fraction of sp³-hybridized carbons (Fsp3) is 0.133. The first kappa shape index (κ1) is 10.7. The van der Waals surface area contributed by atoms with Gasteiger partial charge in [0.15, 0.2) is 0 Å². The molecule has 0 aliphatic heterocycles. The van der Waals surface area contributed by atoms with Gasteiger partial charge in [0.05, 0.1) is 0 Å². The van der Waals surface area contributed by atoms with E-state index in [2.05, 4.69) is 26.8 Å². The van der Waals surface area contributed by atoms with Crippen LogP contribution in [-0.2, 0) is 0 Å². The summed E-state index contributed by atoms with van der Waals surface area (Å²) >= 11 is 0. The average molecular weight is 211 g/mol. The van der Waals surface area contributed by atoms with E-state index in [-0.39, 0.29) is 0 Å². The van der Waals surface area contributed by atoms with Crippen LogP contribution >= 0.6 is 0 Å². The minimum Gasteiger partial charge on any atom is -0.457 e. The lowest BCUT2D eigenvalue weighted by molar-refractivity contribution is 0.478. The highest BCUT2D eigenvalue weighted by Crippen LogP contribution is 2.26. The minimum atomic E-state index is 0.834. The number of hydrogen-bond donors (Lipinski definition) is 0. The molecule has 2 rings (SSSR count). The van der Waals surface area contributed by atoms with Gasteiger partial charge in [0.2, 0.25) is 0 Å². The van der Waals surface area contributed by atoms with Crippen molar-refractivity contribution in [3.8, 4) is 11.5 Å². The van der Waals surface area contributed by atoms with Gasteiger partial charge in [-0.25, -0.2) is 0 Å². The third-order valence-corrected chi connectivity index (χ3v) is 2.68. The predicted octanol–water partition coefficient (Wildman–Crippen LogP) is 4.28. The zero-order valence-electron chi connectivity index (χ0n) is 9.66. The van der Waals surface area contributed by atoms with Crippen molar-refractivity contribution in [2.75, 3.05) is 0 Å². The van der Waals surface area contributed by atoms with Crippen molar-refractivity contribution >= 4 is 0 Å². The maximum Gasteiger partial charge on any atom is 0.130 e. The molecule has 0 aliphatic carbocycles. The highest BCUT2D eigenvalue weighted by atomic mass is 16.5. The highest BCUT2D eigenvalue weighted by Gasteiger charge is 2.02. The van der Waals surface area contributed by atoms with Gasteiger partial charge in [0.1, 0.15) is 11.5 Å². The minimum absolute atomic E-state index is 0.834. The number of aryl methyl sites for hydroxylation is 1. The van der Waals surface area contributed by atoms with E-state index in [0.29, 0.717) is 0 Å². The monoisotopic (exact) mass is 211 g/mol.